The van der Waals surface area contributed by atoms with Crippen LogP contribution < -0.4 is 9.64 Å². The average molecular weight is 395 g/mol. The van der Waals surface area contributed by atoms with Gasteiger partial charge >= 0.3 is 0 Å². The molecule has 3 rings (SSSR count). The van der Waals surface area contributed by atoms with Crippen LogP contribution in [-0.2, 0) is 10.0 Å². The number of para-hydroxylation sites is 1. The van der Waals surface area contributed by atoms with Gasteiger partial charge in [-0.2, -0.15) is 4.31 Å². The Morgan fingerprint density at radius 2 is 1.62 bits per heavy atom. The fraction of sp³-hybridized carbons (Fsp3) is 0.368. The van der Waals surface area contributed by atoms with Gasteiger partial charge in [0.25, 0.3) is 0 Å². The maximum atomic E-state index is 12.9. The molecule has 1 saturated heterocycles. The van der Waals surface area contributed by atoms with Crippen LogP contribution in [0.15, 0.2) is 41.3 Å². The molecule has 1 heterocycles. The van der Waals surface area contributed by atoms with Crippen molar-refractivity contribution in [3.8, 4) is 5.75 Å². The van der Waals surface area contributed by atoms with Gasteiger partial charge in [-0.3, -0.25) is 0 Å². The molecule has 140 valence electrons. The molecule has 0 bridgehead atoms. The molecular formula is C19H23ClN2O3S. The van der Waals surface area contributed by atoms with Crippen molar-refractivity contribution in [2.24, 2.45) is 0 Å². The summed E-state index contributed by atoms with van der Waals surface area (Å²) >= 11 is 6.10. The lowest BCUT2D eigenvalue weighted by molar-refractivity contribution is 0.384. The zero-order valence-electron chi connectivity index (χ0n) is 15.2. The van der Waals surface area contributed by atoms with E-state index in [1.54, 1.807) is 6.07 Å². The summed E-state index contributed by atoms with van der Waals surface area (Å²) in [6.45, 7) is 6.39. The highest BCUT2D eigenvalue weighted by atomic mass is 35.5. The predicted molar refractivity (Wildman–Crippen MR) is 105 cm³/mol. The van der Waals surface area contributed by atoms with E-state index in [0.717, 1.165) is 0 Å². The van der Waals surface area contributed by atoms with Crippen molar-refractivity contribution in [1.29, 1.82) is 0 Å². The monoisotopic (exact) mass is 394 g/mol. The van der Waals surface area contributed by atoms with Crippen molar-refractivity contribution in [3.63, 3.8) is 0 Å². The number of methoxy groups -OCH3 is 1. The summed E-state index contributed by atoms with van der Waals surface area (Å²) in [7, 11) is -2.07. The fourth-order valence-corrected chi connectivity index (χ4v) is 5.18. The van der Waals surface area contributed by atoms with E-state index in [0.29, 0.717) is 37.0 Å². The molecule has 0 N–H and O–H groups in total. The lowest BCUT2D eigenvalue weighted by Gasteiger charge is -2.37. The fourth-order valence-electron chi connectivity index (χ4n) is 3.41. The maximum absolute atomic E-state index is 12.9. The van der Waals surface area contributed by atoms with E-state index in [1.807, 2.05) is 6.07 Å². The second kappa shape index (κ2) is 7.47. The van der Waals surface area contributed by atoms with Gasteiger partial charge in [-0.15, -0.1) is 0 Å². The third-order valence-corrected chi connectivity index (χ3v) is 6.95. The first-order valence-corrected chi connectivity index (χ1v) is 10.3. The highest BCUT2D eigenvalue weighted by Crippen LogP contribution is 2.30. The number of hydrogen-bond acceptors (Lipinski definition) is 4. The normalized spacial score (nSPS) is 15.9. The first kappa shape index (κ1) is 19.0. The first-order valence-electron chi connectivity index (χ1n) is 8.49. The first-order chi connectivity index (χ1) is 12.3. The summed E-state index contributed by atoms with van der Waals surface area (Å²) in [5.41, 5.74) is 3.63. The van der Waals surface area contributed by atoms with Gasteiger partial charge in [0.2, 0.25) is 10.0 Å². The molecule has 0 unspecified atom stereocenters. The number of aryl methyl sites for hydroxylation is 2. The zero-order chi connectivity index (χ0) is 18.9. The number of anilines is 1. The van der Waals surface area contributed by atoms with Crippen molar-refractivity contribution < 1.29 is 13.2 Å². The molecule has 1 fully saturated rings. The largest absolute Gasteiger partial charge is 0.495 e. The lowest BCUT2D eigenvalue weighted by Crippen LogP contribution is -2.49. The van der Waals surface area contributed by atoms with Gasteiger partial charge in [0.05, 0.1) is 17.0 Å². The molecule has 0 aliphatic carbocycles. The van der Waals surface area contributed by atoms with Gasteiger partial charge in [-0.25, -0.2) is 8.42 Å². The SMILES string of the molecule is COc1ccc(S(=O)(=O)N2CCN(c3c(C)cccc3C)CC2)cc1Cl. The van der Waals surface area contributed by atoms with Crippen molar-refractivity contribution in [1.82, 2.24) is 4.31 Å². The Hall–Kier alpha value is -1.76. The minimum absolute atomic E-state index is 0.198. The topological polar surface area (TPSA) is 49.9 Å². The van der Waals surface area contributed by atoms with Gasteiger partial charge in [0.15, 0.2) is 0 Å². The second-order valence-electron chi connectivity index (χ2n) is 6.43. The highest BCUT2D eigenvalue weighted by molar-refractivity contribution is 7.89. The van der Waals surface area contributed by atoms with Crippen LogP contribution in [0.25, 0.3) is 0 Å². The van der Waals surface area contributed by atoms with Gasteiger partial charge < -0.3 is 9.64 Å². The van der Waals surface area contributed by atoms with Crippen LogP contribution in [0, 0.1) is 13.8 Å². The summed E-state index contributed by atoms with van der Waals surface area (Å²) in [6.07, 6.45) is 0. The molecule has 5 nitrogen and oxygen atoms in total. The minimum Gasteiger partial charge on any atom is -0.495 e. The minimum atomic E-state index is -3.57. The molecule has 0 amide bonds. The number of halogens is 1. The molecule has 2 aromatic carbocycles. The van der Waals surface area contributed by atoms with E-state index < -0.39 is 10.0 Å². The molecule has 1 aliphatic rings. The van der Waals surface area contributed by atoms with Crippen molar-refractivity contribution in [2.45, 2.75) is 18.7 Å². The molecule has 7 heteroatoms. The van der Waals surface area contributed by atoms with E-state index in [4.69, 9.17) is 16.3 Å². The highest BCUT2D eigenvalue weighted by Gasteiger charge is 2.29. The Morgan fingerprint density at radius 1 is 1.00 bits per heavy atom. The number of hydrogen-bond donors (Lipinski definition) is 0. The van der Waals surface area contributed by atoms with Gasteiger partial charge in [0.1, 0.15) is 5.75 Å². The van der Waals surface area contributed by atoms with Crippen LogP contribution in [0.1, 0.15) is 11.1 Å². The summed E-state index contributed by atoms with van der Waals surface area (Å²) < 4.78 is 32.5. The van der Waals surface area contributed by atoms with Gasteiger partial charge in [0, 0.05) is 31.9 Å². The molecule has 2 aromatic rings. The maximum Gasteiger partial charge on any atom is 0.243 e. The van der Waals surface area contributed by atoms with E-state index in [2.05, 4.69) is 30.9 Å². The molecule has 0 spiro atoms. The third-order valence-electron chi connectivity index (χ3n) is 4.76. The quantitative estimate of drug-likeness (QED) is 0.796. The Balaban J connectivity index is 1.78. The predicted octanol–water partition coefficient (Wildman–Crippen LogP) is 3.48. The molecule has 26 heavy (non-hydrogen) atoms. The van der Waals surface area contributed by atoms with Crippen LogP contribution in [0.4, 0.5) is 5.69 Å². The number of nitrogens with zero attached hydrogens (tertiary/aromatic N) is 2. The third kappa shape index (κ3) is 3.54. The molecule has 1 aliphatic heterocycles. The molecule has 0 radical (unpaired) electrons. The van der Waals surface area contributed by atoms with Crippen LogP contribution in [0.2, 0.25) is 5.02 Å². The molecular weight excluding hydrogens is 372 g/mol. The molecule has 0 atom stereocenters. The summed E-state index contributed by atoms with van der Waals surface area (Å²) in [6, 6.07) is 10.8. The van der Waals surface area contributed by atoms with Crippen LogP contribution in [0.5, 0.6) is 5.75 Å². The molecule has 0 saturated carbocycles. The Bertz CT molecular complexity index is 887. The number of piperazine rings is 1. The number of benzene rings is 2. The van der Waals surface area contributed by atoms with E-state index >= 15 is 0 Å². The van der Waals surface area contributed by atoms with Gasteiger partial charge in [-0.05, 0) is 43.2 Å². The average Bonchev–Trinajstić information content (AvgIpc) is 2.62. The van der Waals surface area contributed by atoms with Crippen molar-refractivity contribution >= 4 is 27.3 Å². The second-order valence-corrected chi connectivity index (χ2v) is 8.77. The van der Waals surface area contributed by atoms with Crippen LogP contribution >= 0.6 is 11.6 Å². The number of sulfonamides is 1. The summed E-state index contributed by atoms with van der Waals surface area (Å²) in [5, 5.41) is 0.294. The summed E-state index contributed by atoms with van der Waals surface area (Å²) in [5.74, 6) is 0.463. The van der Waals surface area contributed by atoms with Crippen LogP contribution in [0.3, 0.4) is 0 Å². The standard InChI is InChI=1S/C19H23ClN2O3S/c1-14-5-4-6-15(2)19(14)21-9-11-22(12-10-21)26(23,24)16-7-8-18(25-3)17(20)13-16/h4-8,13H,9-12H2,1-3H3. The number of ether oxygens (including phenoxy) is 1. The van der Waals surface area contributed by atoms with E-state index in [9.17, 15) is 8.42 Å². The smallest absolute Gasteiger partial charge is 0.243 e. The van der Waals surface area contributed by atoms with E-state index in [-0.39, 0.29) is 4.90 Å². The van der Waals surface area contributed by atoms with Crippen molar-refractivity contribution in [3.05, 3.63) is 52.5 Å². The summed E-state index contributed by atoms with van der Waals surface area (Å²) in [4.78, 5) is 2.46. The van der Waals surface area contributed by atoms with Gasteiger partial charge in [-0.1, -0.05) is 29.8 Å². The van der Waals surface area contributed by atoms with E-state index in [1.165, 1.54) is 40.4 Å². The Labute approximate surface area is 160 Å². The lowest BCUT2D eigenvalue weighted by atomic mass is 10.1. The Morgan fingerprint density at radius 3 is 2.15 bits per heavy atom. The van der Waals surface area contributed by atoms with Crippen LogP contribution in [-0.4, -0.2) is 46.0 Å². The Kier molecular flexibility index (Phi) is 5.46. The zero-order valence-corrected chi connectivity index (χ0v) is 16.8. The number of rotatable bonds is 4. The van der Waals surface area contributed by atoms with Crippen molar-refractivity contribution in [2.75, 3.05) is 38.2 Å². The molecule has 0 aromatic heterocycles.